The number of likely N-dealkylation sites (tertiary alicyclic amines) is 1. The highest BCUT2D eigenvalue weighted by Gasteiger charge is 2.40. The van der Waals surface area contributed by atoms with E-state index in [4.69, 9.17) is 0 Å². The van der Waals surface area contributed by atoms with Crippen LogP contribution in [0.1, 0.15) is 29.6 Å². The second-order valence-electron chi connectivity index (χ2n) is 5.47. The molecule has 1 amide bonds. The predicted octanol–water partition coefficient (Wildman–Crippen LogP) is 3.12. The molecule has 3 rings (SSSR count). The van der Waals surface area contributed by atoms with Crippen LogP contribution in [0.2, 0.25) is 0 Å². The van der Waals surface area contributed by atoms with Gasteiger partial charge in [0.25, 0.3) is 0 Å². The van der Waals surface area contributed by atoms with Crippen molar-refractivity contribution in [3.8, 4) is 0 Å². The summed E-state index contributed by atoms with van der Waals surface area (Å²) in [5.41, 5.74) is 0.898. The highest BCUT2D eigenvalue weighted by atomic mass is 19.4. The number of alkyl halides is 3. The molecule has 1 aliphatic heterocycles. The minimum Gasteiger partial charge on any atom is -0.338 e. The molecule has 1 fully saturated rings. The molecule has 0 saturated carbocycles. The van der Waals surface area contributed by atoms with Crippen LogP contribution in [0.25, 0.3) is 6.08 Å². The number of halogens is 3. The first-order valence-corrected chi connectivity index (χ1v) is 7.36. The molecule has 126 valence electrons. The van der Waals surface area contributed by atoms with Gasteiger partial charge < -0.3 is 9.42 Å². The first-order valence-electron chi connectivity index (χ1n) is 7.36. The molecule has 1 aromatic heterocycles. The van der Waals surface area contributed by atoms with E-state index in [0.29, 0.717) is 13.0 Å². The SMILES string of the molecule is O=C(/C=C\c1ccccc1)N1CCC(c2noc(C(F)(F)F)n2)C1. The van der Waals surface area contributed by atoms with Crippen LogP contribution in [0, 0.1) is 0 Å². The molecule has 0 radical (unpaired) electrons. The molecular formula is C16H14F3N3O2. The minimum absolute atomic E-state index is 0.00957. The van der Waals surface area contributed by atoms with Gasteiger partial charge in [-0.1, -0.05) is 35.5 Å². The maximum absolute atomic E-state index is 12.5. The second kappa shape index (κ2) is 6.46. The maximum Gasteiger partial charge on any atom is 0.471 e. The summed E-state index contributed by atoms with van der Waals surface area (Å²) in [6.07, 6.45) is -1.000. The average molecular weight is 337 g/mol. The van der Waals surface area contributed by atoms with Gasteiger partial charge in [-0.25, -0.2) is 0 Å². The van der Waals surface area contributed by atoms with Gasteiger partial charge in [0.2, 0.25) is 5.91 Å². The highest BCUT2D eigenvalue weighted by Crippen LogP contribution is 2.31. The van der Waals surface area contributed by atoms with E-state index >= 15 is 0 Å². The van der Waals surface area contributed by atoms with Gasteiger partial charge in [-0.3, -0.25) is 4.79 Å². The summed E-state index contributed by atoms with van der Waals surface area (Å²) >= 11 is 0. The molecule has 0 N–H and O–H groups in total. The number of carbonyl (C=O) groups is 1. The Morgan fingerprint density at radius 1 is 1.29 bits per heavy atom. The quantitative estimate of drug-likeness (QED) is 0.808. The summed E-state index contributed by atoms with van der Waals surface area (Å²) in [6.45, 7) is 0.716. The Morgan fingerprint density at radius 2 is 2.04 bits per heavy atom. The summed E-state index contributed by atoms with van der Waals surface area (Å²) in [5, 5.41) is 3.39. The predicted molar refractivity (Wildman–Crippen MR) is 78.7 cm³/mol. The maximum atomic E-state index is 12.5. The third-order valence-corrected chi connectivity index (χ3v) is 3.77. The first kappa shape index (κ1) is 16.2. The molecule has 5 nitrogen and oxygen atoms in total. The van der Waals surface area contributed by atoms with Crippen LogP contribution in [0.5, 0.6) is 0 Å². The van der Waals surface area contributed by atoms with Crippen molar-refractivity contribution >= 4 is 12.0 Å². The van der Waals surface area contributed by atoms with Crippen LogP contribution in [0.4, 0.5) is 13.2 Å². The van der Waals surface area contributed by atoms with Crippen LogP contribution >= 0.6 is 0 Å². The lowest BCUT2D eigenvalue weighted by Crippen LogP contribution is -2.26. The van der Waals surface area contributed by atoms with E-state index in [-0.39, 0.29) is 24.2 Å². The van der Waals surface area contributed by atoms with Crippen LogP contribution in [-0.2, 0) is 11.0 Å². The van der Waals surface area contributed by atoms with Gasteiger partial charge >= 0.3 is 12.1 Å². The van der Waals surface area contributed by atoms with Crippen LogP contribution < -0.4 is 0 Å². The molecule has 0 spiro atoms. The molecule has 8 heteroatoms. The topological polar surface area (TPSA) is 59.2 Å². The van der Waals surface area contributed by atoms with E-state index < -0.39 is 12.1 Å². The molecule has 0 bridgehead atoms. The van der Waals surface area contributed by atoms with Crippen molar-refractivity contribution in [3.05, 3.63) is 53.7 Å². The van der Waals surface area contributed by atoms with E-state index in [1.54, 1.807) is 11.0 Å². The van der Waals surface area contributed by atoms with E-state index in [9.17, 15) is 18.0 Å². The normalized spacial score (nSPS) is 18.5. The highest BCUT2D eigenvalue weighted by molar-refractivity contribution is 5.92. The van der Waals surface area contributed by atoms with Gasteiger partial charge in [0.05, 0.1) is 0 Å². The number of hydrogen-bond acceptors (Lipinski definition) is 4. The number of amides is 1. The van der Waals surface area contributed by atoms with Crippen molar-refractivity contribution in [3.63, 3.8) is 0 Å². The molecule has 1 aromatic carbocycles. The fraction of sp³-hybridized carbons (Fsp3) is 0.312. The number of nitrogens with zero attached hydrogens (tertiary/aromatic N) is 3. The number of rotatable bonds is 3. The summed E-state index contributed by atoms with van der Waals surface area (Å²) in [7, 11) is 0. The molecule has 1 atom stereocenters. The number of aromatic nitrogens is 2. The van der Waals surface area contributed by atoms with Crippen LogP contribution in [0.3, 0.4) is 0 Å². The van der Waals surface area contributed by atoms with Crippen molar-refractivity contribution in [1.29, 1.82) is 0 Å². The first-order chi connectivity index (χ1) is 11.4. The van der Waals surface area contributed by atoms with Crippen molar-refractivity contribution < 1.29 is 22.5 Å². The summed E-state index contributed by atoms with van der Waals surface area (Å²) in [4.78, 5) is 17.1. The molecule has 2 heterocycles. The Hall–Kier alpha value is -2.64. The Morgan fingerprint density at radius 3 is 2.71 bits per heavy atom. The smallest absolute Gasteiger partial charge is 0.338 e. The molecule has 0 aliphatic carbocycles. The summed E-state index contributed by atoms with van der Waals surface area (Å²) < 4.78 is 41.7. The minimum atomic E-state index is -4.65. The van der Waals surface area contributed by atoms with Crippen molar-refractivity contribution in [2.24, 2.45) is 0 Å². The zero-order valence-electron chi connectivity index (χ0n) is 12.5. The lowest BCUT2D eigenvalue weighted by Gasteiger charge is -2.13. The van der Waals surface area contributed by atoms with E-state index in [2.05, 4.69) is 14.7 Å². The molecule has 24 heavy (non-hydrogen) atoms. The lowest BCUT2D eigenvalue weighted by molar-refractivity contribution is -0.159. The Labute approximate surface area is 135 Å². The van der Waals surface area contributed by atoms with E-state index in [1.165, 1.54) is 6.08 Å². The van der Waals surface area contributed by atoms with Gasteiger partial charge in [0.15, 0.2) is 5.82 Å². The fourth-order valence-electron chi connectivity index (χ4n) is 2.52. The van der Waals surface area contributed by atoms with E-state index in [1.807, 2.05) is 30.3 Å². The summed E-state index contributed by atoms with van der Waals surface area (Å²) in [5.74, 6) is -1.91. The monoisotopic (exact) mass is 337 g/mol. The molecule has 2 aromatic rings. The standard InChI is InChI=1S/C16H14F3N3O2/c17-16(18,19)15-20-14(21-24-15)12-8-9-22(10-12)13(23)7-6-11-4-2-1-3-5-11/h1-7,12H,8-10H2/b7-6-. The lowest BCUT2D eigenvalue weighted by atomic mass is 10.1. The molecule has 1 saturated heterocycles. The van der Waals surface area contributed by atoms with Gasteiger partial charge in [-0.2, -0.15) is 18.2 Å². The zero-order valence-corrected chi connectivity index (χ0v) is 12.5. The van der Waals surface area contributed by atoms with Crippen molar-refractivity contribution in [2.75, 3.05) is 13.1 Å². The average Bonchev–Trinajstić information content (AvgIpc) is 3.21. The third kappa shape index (κ3) is 3.64. The van der Waals surface area contributed by atoms with Crippen molar-refractivity contribution in [1.82, 2.24) is 15.0 Å². The van der Waals surface area contributed by atoms with Crippen LogP contribution in [0.15, 0.2) is 40.9 Å². The fourth-order valence-corrected chi connectivity index (χ4v) is 2.52. The van der Waals surface area contributed by atoms with Gasteiger partial charge in [-0.15, -0.1) is 0 Å². The molecular weight excluding hydrogens is 323 g/mol. The van der Waals surface area contributed by atoms with Gasteiger partial charge in [-0.05, 0) is 18.1 Å². The Bertz CT molecular complexity index is 741. The Balaban J connectivity index is 1.62. The van der Waals surface area contributed by atoms with Gasteiger partial charge in [0, 0.05) is 25.1 Å². The summed E-state index contributed by atoms with van der Waals surface area (Å²) in [6, 6.07) is 9.35. The second-order valence-corrected chi connectivity index (χ2v) is 5.47. The third-order valence-electron chi connectivity index (χ3n) is 3.77. The molecule has 1 aliphatic rings. The largest absolute Gasteiger partial charge is 0.471 e. The Kier molecular flexibility index (Phi) is 4.37. The van der Waals surface area contributed by atoms with Gasteiger partial charge in [0.1, 0.15) is 0 Å². The number of benzene rings is 1. The van der Waals surface area contributed by atoms with E-state index in [0.717, 1.165) is 5.56 Å². The zero-order chi connectivity index (χ0) is 17.2. The molecule has 1 unspecified atom stereocenters. The number of carbonyl (C=O) groups excluding carboxylic acids is 1. The van der Waals surface area contributed by atoms with Crippen LogP contribution in [-0.4, -0.2) is 34.0 Å². The number of hydrogen-bond donors (Lipinski definition) is 0. The van der Waals surface area contributed by atoms with Crippen molar-refractivity contribution in [2.45, 2.75) is 18.5 Å².